The number of nitrogens with zero attached hydrogens (tertiary/aromatic N) is 1. The second-order valence-corrected chi connectivity index (χ2v) is 4.30. The molecule has 2 aromatic rings. The van der Waals surface area contributed by atoms with Crippen molar-refractivity contribution in [3.05, 3.63) is 52.3 Å². The van der Waals surface area contributed by atoms with Crippen LogP contribution >= 0.6 is 23.2 Å². The van der Waals surface area contributed by atoms with Crippen molar-refractivity contribution in [3.63, 3.8) is 0 Å². The number of hydrogen-bond donors (Lipinski definition) is 2. The number of benzene rings is 1. The molecule has 1 aromatic heterocycles. The lowest BCUT2D eigenvalue weighted by molar-refractivity contribution is 0.102. The van der Waals surface area contributed by atoms with Gasteiger partial charge in [-0.05, 0) is 24.3 Å². The molecule has 0 aliphatic rings. The number of carbonyl (C=O) groups is 1. The van der Waals surface area contributed by atoms with Gasteiger partial charge < -0.3 is 11.1 Å². The Bertz CT molecular complexity index is 602. The normalized spacial score (nSPS) is 10.1. The highest BCUT2D eigenvalue weighted by molar-refractivity contribution is 6.36. The molecule has 1 amide bonds. The summed E-state index contributed by atoms with van der Waals surface area (Å²) in [5.41, 5.74) is 6.84. The van der Waals surface area contributed by atoms with Crippen molar-refractivity contribution in [1.82, 2.24) is 4.98 Å². The summed E-state index contributed by atoms with van der Waals surface area (Å²) in [4.78, 5) is 15.8. The van der Waals surface area contributed by atoms with Crippen molar-refractivity contribution >= 4 is 40.5 Å². The van der Waals surface area contributed by atoms with Crippen LogP contribution in [0.3, 0.4) is 0 Å². The minimum Gasteiger partial charge on any atom is -0.398 e. The Morgan fingerprint density at radius 2 is 2.06 bits per heavy atom. The summed E-state index contributed by atoms with van der Waals surface area (Å²) in [5, 5.41) is 3.19. The van der Waals surface area contributed by atoms with Gasteiger partial charge in [0.15, 0.2) is 0 Å². The molecule has 0 fully saturated rings. The molecule has 3 N–H and O–H groups in total. The molecule has 2 rings (SSSR count). The van der Waals surface area contributed by atoms with Crippen molar-refractivity contribution in [2.75, 3.05) is 11.1 Å². The standard InChI is InChI=1S/C12H9Cl2N3O/c13-10-6-7(4-5-16-10)17-12(18)8-2-1-3-9(15)11(8)14/h1-6H,15H2,(H,16,17,18). The smallest absolute Gasteiger partial charge is 0.257 e. The fraction of sp³-hybridized carbons (Fsp3) is 0. The van der Waals surface area contributed by atoms with Gasteiger partial charge in [0, 0.05) is 11.9 Å². The highest BCUT2D eigenvalue weighted by Crippen LogP contribution is 2.24. The summed E-state index contributed by atoms with van der Waals surface area (Å²) >= 11 is 11.7. The number of nitrogen functional groups attached to an aromatic ring is 1. The van der Waals surface area contributed by atoms with Crippen LogP contribution in [-0.4, -0.2) is 10.9 Å². The van der Waals surface area contributed by atoms with E-state index in [1.54, 1.807) is 30.3 Å². The number of pyridine rings is 1. The maximum absolute atomic E-state index is 12.0. The Kier molecular flexibility index (Phi) is 3.69. The summed E-state index contributed by atoms with van der Waals surface area (Å²) in [6.45, 7) is 0. The predicted molar refractivity (Wildman–Crippen MR) is 73.1 cm³/mol. The van der Waals surface area contributed by atoms with Crippen LogP contribution in [0.25, 0.3) is 0 Å². The third kappa shape index (κ3) is 2.72. The largest absolute Gasteiger partial charge is 0.398 e. The molecule has 0 atom stereocenters. The van der Waals surface area contributed by atoms with Gasteiger partial charge in [-0.3, -0.25) is 4.79 Å². The Hall–Kier alpha value is -1.78. The van der Waals surface area contributed by atoms with Crippen molar-refractivity contribution in [2.24, 2.45) is 0 Å². The molecule has 1 heterocycles. The molecule has 0 bridgehead atoms. The number of amides is 1. The number of aromatic nitrogens is 1. The van der Waals surface area contributed by atoms with Crippen LogP contribution in [-0.2, 0) is 0 Å². The number of hydrogen-bond acceptors (Lipinski definition) is 3. The second kappa shape index (κ2) is 5.25. The zero-order chi connectivity index (χ0) is 13.1. The maximum atomic E-state index is 12.0. The van der Waals surface area contributed by atoms with E-state index in [2.05, 4.69) is 10.3 Å². The summed E-state index contributed by atoms with van der Waals surface area (Å²) in [7, 11) is 0. The van der Waals surface area contributed by atoms with Crippen LogP contribution in [0.4, 0.5) is 11.4 Å². The Labute approximate surface area is 114 Å². The Morgan fingerprint density at radius 1 is 1.28 bits per heavy atom. The molecule has 0 saturated carbocycles. The van der Waals surface area contributed by atoms with E-state index in [0.717, 1.165) is 0 Å². The van der Waals surface area contributed by atoms with Crippen molar-refractivity contribution in [3.8, 4) is 0 Å². The summed E-state index contributed by atoms with van der Waals surface area (Å²) in [6, 6.07) is 8.05. The van der Waals surface area contributed by atoms with Gasteiger partial charge in [0.05, 0.1) is 16.3 Å². The number of carbonyl (C=O) groups excluding carboxylic acids is 1. The lowest BCUT2D eigenvalue weighted by Crippen LogP contribution is -2.13. The molecule has 0 saturated heterocycles. The first-order valence-corrected chi connectivity index (χ1v) is 5.80. The van der Waals surface area contributed by atoms with Crippen molar-refractivity contribution in [2.45, 2.75) is 0 Å². The lowest BCUT2D eigenvalue weighted by Gasteiger charge is -2.08. The van der Waals surface area contributed by atoms with Crippen LogP contribution < -0.4 is 11.1 Å². The van der Waals surface area contributed by atoms with E-state index in [0.29, 0.717) is 22.1 Å². The summed E-state index contributed by atoms with van der Waals surface area (Å²) in [6.07, 6.45) is 1.50. The monoisotopic (exact) mass is 281 g/mol. The quantitative estimate of drug-likeness (QED) is 0.656. The fourth-order valence-corrected chi connectivity index (χ4v) is 1.79. The van der Waals surface area contributed by atoms with Crippen LogP contribution in [0.15, 0.2) is 36.5 Å². The number of halogens is 2. The van der Waals surface area contributed by atoms with E-state index >= 15 is 0 Å². The molecule has 6 heteroatoms. The molecule has 0 aliphatic carbocycles. The van der Waals surface area contributed by atoms with Gasteiger partial charge >= 0.3 is 0 Å². The van der Waals surface area contributed by atoms with E-state index in [-0.39, 0.29) is 10.9 Å². The van der Waals surface area contributed by atoms with Gasteiger partial charge in [-0.15, -0.1) is 0 Å². The SMILES string of the molecule is Nc1cccc(C(=O)Nc2ccnc(Cl)c2)c1Cl. The first-order valence-electron chi connectivity index (χ1n) is 5.05. The molecule has 4 nitrogen and oxygen atoms in total. The molecule has 18 heavy (non-hydrogen) atoms. The fourth-order valence-electron chi connectivity index (χ4n) is 1.40. The van der Waals surface area contributed by atoms with Gasteiger partial charge in [-0.25, -0.2) is 4.98 Å². The zero-order valence-electron chi connectivity index (χ0n) is 9.15. The van der Waals surface area contributed by atoms with E-state index in [1.807, 2.05) is 0 Å². The Morgan fingerprint density at radius 3 is 2.78 bits per heavy atom. The van der Waals surface area contributed by atoms with Crippen LogP contribution in [0.5, 0.6) is 0 Å². The molecule has 0 unspecified atom stereocenters. The number of rotatable bonds is 2. The molecular formula is C12H9Cl2N3O. The van der Waals surface area contributed by atoms with E-state index < -0.39 is 0 Å². The minimum absolute atomic E-state index is 0.232. The van der Waals surface area contributed by atoms with Gasteiger partial charge in [-0.2, -0.15) is 0 Å². The van der Waals surface area contributed by atoms with Gasteiger partial charge in [-0.1, -0.05) is 29.3 Å². The number of nitrogens with two attached hydrogens (primary N) is 1. The second-order valence-electron chi connectivity index (χ2n) is 3.53. The van der Waals surface area contributed by atoms with E-state index in [4.69, 9.17) is 28.9 Å². The first kappa shape index (κ1) is 12.7. The molecule has 1 aromatic carbocycles. The lowest BCUT2D eigenvalue weighted by atomic mass is 10.2. The van der Waals surface area contributed by atoms with E-state index in [9.17, 15) is 4.79 Å². The average molecular weight is 282 g/mol. The third-order valence-corrected chi connectivity index (χ3v) is 2.89. The van der Waals surface area contributed by atoms with Gasteiger partial charge in [0.2, 0.25) is 0 Å². The van der Waals surface area contributed by atoms with Gasteiger partial charge in [0.1, 0.15) is 5.15 Å². The highest BCUT2D eigenvalue weighted by atomic mass is 35.5. The predicted octanol–water partition coefficient (Wildman–Crippen LogP) is 3.22. The van der Waals surface area contributed by atoms with Crippen molar-refractivity contribution < 1.29 is 4.79 Å². The number of anilines is 2. The van der Waals surface area contributed by atoms with Crippen LogP contribution in [0, 0.1) is 0 Å². The molecule has 0 spiro atoms. The first-order chi connectivity index (χ1) is 8.58. The summed E-state index contributed by atoms with van der Waals surface area (Å²) < 4.78 is 0. The highest BCUT2D eigenvalue weighted by Gasteiger charge is 2.12. The maximum Gasteiger partial charge on any atom is 0.257 e. The van der Waals surface area contributed by atoms with Gasteiger partial charge in [0.25, 0.3) is 5.91 Å². The number of nitrogens with one attached hydrogen (secondary N) is 1. The van der Waals surface area contributed by atoms with Crippen LogP contribution in [0.1, 0.15) is 10.4 Å². The van der Waals surface area contributed by atoms with E-state index in [1.165, 1.54) is 6.20 Å². The molecule has 92 valence electrons. The topological polar surface area (TPSA) is 68.0 Å². The average Bonchev–Trinajstić information content (AvgIpc) is 2.32. The molecule has 0 radical (unpaired) electrons. The minimum atomic E-state index is -0.352. The molecular weight excluding hydrogens is 273 g/mol. The third-order valence-electron chi connectivity index (χ3n) is 2.26. The summed E-state index contributed by atoms with van der Waals surface area (Å²) in [5.74, 6) is -0.352. The molecule has 0 aliphatic heterocycles. The Balaban J connectivity index is 2.25. The zero-order valence-corrected chi connectivity index (χ0v) is 10.7. The van der Waals surface area contributed by atoms with Crippen LogP contribution in [0.2, 0.25) is 10.2 Å². The van der Waals surface area contributed by atoms with Crippen molar-refractivity contribution in [1.29, 1.82) is 0 Å².